The lowest BCUT2D eigenvalue weighted by atomic mass is 9.73. The van der Waals surface area contributed by atoms with Crippen LogP contribution in [0.4, 0.5) is 0 Å². The molecule has 2 heterocycles. The van der Waals surface area contributed by atoms with Crippen LogP contribution in [0.5, 0.6) is 0 Å². The number of hydrogen-bond acceptors (Lipinski definition) is 3. The fraction of sp³-hybridized carbons (Fsp3) is 0.385. The van der Waals surface area contributed by atoms with Crippen molar-refractivity contribution in [2.45, 2.75) is 37.3 Å². The van der Waals surface area contributed by atoms with E-state index < -0.39 is 0 Å². The SMILES string of the molecule is O=C(CC1CC1)N1CC(=O)N2[C@H](CO)[C@H](c3ccc(/C=C/c4ccccc4)cc3)[C@@H]2C1. The highest BCUT2D eigenvalue weighted by atomic mass is 16.3. The minimum Gasteiger partial charge on any atom is -0.394 e. The second-order valence-corrected chi connectivity index (χ2v) is 8.98. The van der Waals surface area contributed by atoms with Crippen molar-refractivity contribution in [1.82, 2.24) is 9.80 Å². The lowest BCUT2D eigenvalue weighted by Crippen LogP contribution is -2.73. The monoisotopic (exact) mass is 416 g/mol. The zero-order valence-corrected chi connectivity index (χ0v) is 17.6. The van der Waals surface area contributed by atoms with E-state index in [9.17, 15) is 14.7 Å². The van der Waals surface area contributed by atoms with Crippen molar-refractivity contribution >= 4 is 24.0 Å². The van der Waals surface area contributed by atoms with Gasteiger partial charge in [-0.25, -0.2) is 0 Å². The molecule has 0 aromatic heterocycles. The third-order valence-corrected chi connectivity index (χ3v) is 6.85. The predicted octanol–water partition coefficient (Wildman–Crippen LogP) is 3.15. The molecule has 0 spiro atoms. The van der Waals surface area contributed by atoms with E-state index in [4.69, 9.17) is 0 Å². The molecule has 1 saturated carbocycles. The fourth-order valence-corrected chi connectivity index (χ4v) is 4.97. The molecular formula is C26H28N2O3. The number of carbonyl (C=O) groups excluding carboxylic acids is 2. The molecule has 2 aliphatic heterocycles. The van der Waals surface area contributed by atoms with Gasteiger partial charge in [-0.2, -0.15) is 0 Å². The topological polar surface area (TPSA) is 60.9 Å². The third-order valence-electron chi connectivity index (χ3n) is 6.85. The summed E-state index contributed by atoms with van der Waals surface area (Å²) in [6.45, 7) is 0.654. The first-order chi connectivity index (χ1) is 15.1. The molecule has 3 fully saturated rings. The molecule has 1 aliphatic carbocycles. The van der Waals surface area contributed by atoms with E-state index in [1.165, 1.54) is 0 Å². The number of rotatable bonds is 6. The van der Waals surface area contributed by atoms with Crippen LogP contribution in [-0.2, 0) is 9.59 Å². The highest BCUT2D eigenvalue weighted by Gasteiger charge is 2.54. The minimum absolute atomic E-state index is 0.0434. The number of nitrogens with zero attached hydrogens (tertiary/aromatic N) is 2. The van der Waals surface area contributed by atoms with Gasteiger partial charge in [-0.1, -0.05) is 66.7 Å². The van der Waals surface area contributed by atoms with Crippen molar-refractivity contribution in [1.29, 1.82) is 0 Å². The maximum atomic E-state index is 12.7. The van der Waals surface area contributed by atoms with Crippen LogP contribution in [-0.4, -0.2) is 58.5 Å². The smallest absolute Gasteiger partial charge is 0.242 e. The predicted molar refractivity (Wildman–Crippen MR) is 120 cm³/mol. The summed E-state index contributed by atoms with van der Waals surface area (Å²) in [4.78, 5) is 28.8. The van der Waals surface area contributed by atoms with Crippen molar-refractivity contribution in [3.8, 4) is 0 Å². The van der Waals surface area contributed by atoms with Crippen molar-refractivity contribution in [3.05, 3.63) is 71.3 Å². The van der Waals surface area contributed by atoms with Gasteiger partial charge >= 0.3 is 0 Å². The van der Waals surface area contributed by atoms with Crippen LogP contribution in [0.15, 0.2) is 54.6 Å². The van der Waals surface area contributed by atoms with Crippen LogP contribution < -0.4 is 0 Å². The largest absolute Gasteiger partial charge is 0.394 e. The lowest BCUT2D eigenvalue weighted by molar-refractivity contribution is -0.167. The van der Waals surface area contributed by atoms with Crippen molar-refractivity contribution in [2.24, 2.45) is 5.92 Å². The molecule has 31 heavy (non-hydrogen) atoms. The number of piperazine rings is 1. The number of benzene rings is 2. The first-order valence-corrected chi connectivity index (χ1v) is 11.2. The Morgan fingerprint density at radius 1 is 1.00 bits per heavy atom. The zero-order valence-electron chi connectivity index (χ0n) is 17.6. The number of aliphatic hydroxyl groups is 1. The van der Waals surface area contributed by atoms with Gasteiger partial charge in [0, 0.05) is 18.9 Å². The minimum atomic E-state index is -0.205. The Labute approximate surface area is 183 Å². The van der Waals surface area contributed by atoms with Gasteiger partial charge in [0.15, 0.2) is 0 Å². The summed E-state index contributed by atoms with van der Waals surface area (Å²) < 4.78 is 0. The van der Waals surface area contributed by atoms with Crippen molar-refractivity contribution in [3.63, 3.8) is 0 Å². The number of amides is 2. The Bertz CT molecular complexity index is 981. The molecule has 3 atom stereocenters. The van der Waals surface area contributed by atoms with Gasteiger partial charge in [0.05, 0.1) is 25.2 Å². The molecular weight excluding hydrogens is 388 g/mol. The molecule has 2 amide bonds. The molecule has 5 nitrogen and oxygen atoms in total. The third kappa shape index (κ3) is 4.02. The second kappa shape index (κ2) is 8.31. The van der Waals surface area contributed by atoms with Crippen molar-refractivity contribution < 1.29 is 14.7 Å². The summed E-state index contributed by atoms with van der Waals surface area (Å²) in [5.74, 6) is 0.623. The molecule has 0 unspecified atom stereocenters. The quantitative estimate of drug-likeness (QED) is 0.736. The van der Waals surface area contributed by atoms with E-state index in [1.807, 2.05) is 18.2 Å². The number of aliphatic hydroxyl groups excluding tert-OH is 1. The Kier molecular flexibility index (Phi) is 5.36. The number of hydrogen-bond donors (Lipinski definition) is 1. The molecule has 1 N–H and O–H groups in total. The summed E-state index contributed by atoms with van der Waals surface area (Å²) in [6.07, 6.45) is 6.99. The van der Waals surface area contributed by atoms with Gasteiger partial charge in [-0.15, -0.1) is 0 Å². The van der Waals surface area contributed by atoms with Crippen LogP contribution in [0, 0.1) is 5.92 Å². The molecule has 5 heteroatoms. The van der Waals surface area contributed by atoms with Crippen molar-refractivity contribution in [2.75, 3.05) is 19.7 Å². The Balaban J connectivity index is 1.30. The van der Waals surface area contributed by atoms with E-state index in [-0.39, 0.29) is 43.0 Å². The Morgan fingerprint density at radius 2 is 1.68 bits per heavy atom. The van der Waals surface area contributed by atoms with Crippen LogP contribution in [0.3, 0.4) is 0 Å². The van der Waals surface area contributed by atoms with Gasteiger partial charge in [0.1, 0.15) is 0 Å². The fourth-order valence-electron chi connectivity index (χ4n) is 4.97. The number of carbonyl (C=O) groups is 2. The normalized spacial score (nSPS) is 25.5. The van der Waals surface area contributed by atoms with E-state index in [0.29, 0.717) is 18.9 Å². The maximum Gasteiger partial charge on any atom is 0.242 e. The second-order valence-electron chi connectivity index (χ2n) is 8.98. The van der Waals surface area contributed by atoms with Crippen LogP contribution in [0.1, 0.15) is 41.9 Å². The van der Waals surface area contributed by atoms with Crippen LogP contribution >= 0.6 is 0 Å². The molecule has 160 valence electrons. The molecule has 2 aromatic rings. The van der Waals surface area contributed by atoms with Crippen LogP contribution in [0.2, 0.25) is 0 Å². The molecule has 0 bridgehead atoms. The van der Waals surface area contributed by atoms with Crippen LogP contribution in [0.25, 0.3) is 12.2 Å². The summed E-state index contributed by atoms with van der Waals surface area (Å²) >= 11 is 0. The molecule has 2 aromatic carbocycles. The molecule has 2 saturated heterocycles. The molecule has 3 aliphatic rings. The van der Waals surface area contributed by atoms with Gasteiger partial charge in [0.2, 0.25) is 11.8 Å². The van der Waals surface area contributed by atoms with E-state index in [2.05, 4.69) is 48.6 Å². The maximum absolute atomic E-state index is 12.7. The van der Waals surface area contributed by atoms with Gasteiger partial charge in [0.25, 0.3) is 0 Å². The van der Waals surface area contributed by atoms with Gasteiger partial charge in [-0.05, 0) is 35.4 Å². The molecule has 0 radical (unpaired) electrons. The summed E-state index contributed by atoms with van der Waals surface area (Å²) in [7, 11) is 0. The average Bonchev–Trinajstić information content (AvgIpc) is 3.59. The van der Waals surface area contributed by atoms with E-state index in [0.717, 1.165) is 29.5 Å². The van der Waals surface area contributed by atoms with Gasteiger partial charge in [-0.3, -0.25) is 9.59 Å². The van der Waals surface area contributed by atoms with Gasteiger partial charge < -0.3 is 14.9 Å². The zero-order chi connectivity index (χ0) is 21.4. The van der Waals surface area contributed by atoms with E-state index >= 15 is 0 Å². The average molecular weight is 417 g/mol. The molecule has 5 rings (SSSR count). The highest BCUT2D eigenvalue weighted by molar-refractivity contribution is 5.88. The summed E-state index contributed by atoms with van der Waals surface area (Å²) in [6, 6.07) is 18.2. The number of fused-ring (bicyclic) bond motifs is 1. The standard InChI is InChI=1S/C26H28N2O3/c29-17-23-26(21-12-10-19(11-13-21)7-6-18-4-2-1-3-5-18)22-15-27(16-25(31)28(22)23)24(30)14-20-8-9-20/h1-7,10-13,20,22-23,26,29H,8-9,14-17H2/b7-6+/t22-,23+,26+/m0/s1. The lowest BCUT2D eigenvalue weighted by Gasteiger charge is -2.58. The Hall–Kier alpha value is -2.92. The Morgan fingerprint density at radius 3 is 2.32 bits per heavy atom. The first-order valence-electron chi connectivity index (χ1n) is 11.2. The first kappa shape index (κ1) is 20.0. The van der Waals surface area contributed by atoms with E-state index in [1.54, 1.807) is 9.80 Å². The highest BCUT2D eigenvalue weighted by Crippen LogP contribution is 2.43. The summed E-state index contributed by atoms with van der Waals surface area (Å²) in [5, 5.41) is 9.96. The summed E-state index contributed by atoms with van der Waals surface area (Å²) in [5.41, 5.74) is 3.37.